The Balaban J connectivity index is 1.74. The average Bonchev–Trinajstić information content (AvgIpc) is 2.84. The van der Waals surface area contributed by atoms with Crippen molar-refractivity contribution in [2.75, 3.05) is 0 Å². The van der Waals surface area contributed by atoms with Crippen molar-refractivity contribution in [2.45, 2.75) is 52.6 Å². The molecule has 122 valence electrons. The molecule has 0 unspecified atom stereocenters. The van der Waals surface area contributed by atoms with E-state index < -0.39 is 11.5 Å². The Bertz CT molecular complexity index is 684. The minimum atomic E-state index is -0.555. The van der Waals surface area contributed by atoms with Gasteiger partial charge in [0, 0.05) is 13.1 Å². The first-order chi connectivity index (χ1) is 10.4. The van der Waals surface area contributed by atoms with Crippen molar-refractivity contribution in [3.05, 3.63) is 32.6 Å². The van der Waals surface area contributed by atoms with Crippen LogP contribution in [0.4, 0.5) is 0 Å². The monoisotopic (exact) mass is 312 g/mol. The molecule has 2 N–H and O–H groups in total. The smallest absolute Gasteiger partial charge is 0.422 e. The van der Waals surface area contributed by atoms with E-state index in [1.54, 1.807) is 0 Å². The number of hydrogen-bond acceptors (Lipinski definition) is 6. The van der Waals surface area contributed by atoms with Crippen LogP contribution in [0.1, 0.15) is 37.2 Å². The Morgan fingerprint density at radius 3 is 1.41 bits per heavy atom. The van der Waals surface area contributed by atoms with Crippen molar-refractivity contribution in [3.8, 4) is 11.8 Å². The first-order valence-electron chi connectivity index (χ1n) is 7.20. The molecule has 0 fully saturated rings. The van der Waals surface area contributed by atoms with Gasteiger partial charge in [-0.15, -0.1) is 0 Å². The molecule has 2 aromatic rings. The molecule has 2 rings (SSSR count). The highest BCUT2D eigenvalue weighted by atomic mass is 16.4. The van der Waals surface area contributed by atoms with Crippen LogP contribution in [-0.4, -0.2) is 19.3 Å². The lowest BCUT2D eigenvalue weighted by molar-refractivity contribution is 0.393. The van der Waals surface area contributed by atoms with E-state index in [9.17, 15) is 19.8 Å². The summed E-state index contributed by atoms with van der Waals surface area (Å²) in [6, 6.07) is 0. The van der Waals surface area contributed by atoms with Gasteiger partial charge < -0.3 is 19.0 Å². The predicted octanol–water partition coefficient (Wildman–Crippen LogP) is 1.48. The van der Waals surface area contributed by atoms with E-state index >= 15 is 0 Å². The number of rotatable bonds is 7. The van der Waals surface area contributed by atoms with Crippen molar-refractivity contribution in [1.82, 2.24) is 9.13 Å². The third-order valence-electron chi connectivity index (χ3n) is 3.58. The Kier molecular flexibility index (Phi) is 4.79. The van der Waals surface area contributed by atoms with Gasteiger partial charge >= 0.3 is 11.5 Å². The first-order valence-corrected chi connectivity index (χ1v) is 7.20. The normalized spacial score (nSPS) is 11.2. The molecule has 22 heavy (non-hydrogen) atoms. The topological polar surface area (TPSA) is 111 Å². The van der Waals surface area contributed by atoms with Gasteiger partial charge in [-0.05, 0) is 26.7 Å². The fourth-order valence-corrected chi connectivity index (χ4v) is 2.30. The van der Waals surface area contributed by atoms with Crippen LogP contribution >= 0.6 is 0 Å². The van der Waals surface area contributed by atoms with Gasteiger partial charge in [-0.1, -0.05) is 12.8 Å². The molecule has 0 aromatic carbocycles. The molecular formula is C14H20N2O6. The molecule has 0 saturated heterocycles. The van der Waals surface area contributed by atoms with Gasteiger partial charge in [-0.2, -0.15) is 0 Å². The summed E-state index contributed by atoms with van der Waals surface area (Å²) < 4.78 is 12.0. The van der Waals surface area contributed by atoms with Crippen molar-refractivity contribution >= 4 is 0 Å². The number of unbranched alkanes of at least 4 members (excludes halogenated alkanes) is 3. The summed E-state index contributed by atoms with van der Waals surface area (Å²) in [7, 11) is 0. The number of aryl methyl sites for hydroxylation is 2. The quantitative estimate of drug-likeness (QED) is 0.749. The molecule has 2 aromatic heterocycles. The lowest BCUT2D eigenvalue weighted by Crippen LogP contribution is -2.14. The molecule has 0 amide bonds. The third-order valence-corrected chi connectivity index (χ3v) is 3.58. The fraction of sp³-hybridized carbons (Fsp3) is 0.571. The number of oxazole rings is 2. The molecular weight excluding hydrogens is 292 g/mol. The van der Waals surface area contributed by atoms with Crippen LogP contribution in [0, 0.1) is 13.8 Å². The summed E-state index contributed by atoms with van der Waals surface area (Å²) in [6.45, 7) is 3.84. The zero-order chi connectivity index (χ0) is 16.3. The molecule has 0 bridgehead atoms. The van der Waals surface area contributed by atoms with Crippen LogP contribution in [0.15, 0.2) is 18.4 Å². The van der Waals surface area contributed by atoms with Crippen molar-refractivity contribution < 1.29 is 19.0 Å². The maximum Gasteiger partial charge on any atom is 0.422 e. The second kappa shape index (κ2) is 6.59. The van der Waals surface area contributed by atoms with Gasteiger partial charge in [0.25, 0.3) is 0 Å². The van der Waals surface area contributed by atoms with Crippen LogP contribution in [0.5, 0.6) is 11.8 Å². The molecule has 8 nitrogen and oxygen atoms in total. The summed E-state index contributed by atoms with van der Waals surface area (Å²) in [5.74, 6) is -0.934. The standard InChI is InChI=1S/C14H20N2O6/c1-9-11(17)15(13(19)21-9)7-5-3-4-6-8-16-12(18)10(2)22-14(16)20/h17-18H,3-8H2,1-2H3. The van der Waals surface area contributed by atoms with Gasteiger partial charge in [0.1, 0.15) is 0 Å². The summed E-state index contributed by atoms with van der Waals surface area (Å²) in [4.78, 5) is 22.8. The number of nitrogens with zero attached hydrogens (tertiary/aromatic N) is 2. The maximum atomic E-state index is 11.4. The van der Waals surface area contributed by atoms with E-state index in [0.29, 0.717) is 25.9 Å². The van der Waals surface area contributed by atoms with Crippen LogP contribution < -0.4 is 11.5 Å². The van der Waals surface area contributed by atoms with Crippen LogP contribution in [0.25, 0.3) is 0 Å². The molecule has 0 atom stereocenters. The fourth-order valence-electron chi connectivity index (χ4n) is 2.30. The number of hydrogen-bond donors (Lipinski definition) is 2. The lowest BCUT2D eigenvalue weighted by Gasteiger charge is -2.04. The zero-order valence-electron chi connectivity index (χ0n) is 12.7. The van der Waals surface area contributed by atoms with E-state index in [4.69, 9.17) is 8.83 Å². The highest BCUT2D eigenvalue weighted by molar-refractivity contribution is 5.12. The minimum Gasteiger partial charge on any atom is -0.492 e. The highest BCUT2D eigenvalue weighted by Gasteiger charge is 2.12. The molecule has 0 aliphatic carbocycles. The van der Waals surface area contributed by atoms with Gasteiger partial charge in [-0.3, -0.25) is 0 Å². The molecule has 0 spiro atoms. The van der Waals surface area contributed by atoms with Crippen LogP contribution in [0.3, 0.4) is 0 Å². The second-order valence-electron chi connectivity index (χ2n) is 5.21. The SMILES string of the molecule is Cc1oc(=O)n(CCCCCCn2c(O)c(C)oc2=O)c1O. The number of aromatic hydroxyl groups is 2. The largest absolute Gasteiger partial charge is 0.492 e. The Hall–Kier alpha value is -2.38. The van der Waals surface area contributed by atoms with Gasteiger partial charge in [0.15, 0.2) is 11.5 Å². The van der Waals surface area contributed by atoms with Crippen molar-refractivity contribution in [3.63, 3.8) is 0 Å². The van der Waals surface area contributed by atoms with Gasteiger partial charge in [0.05, 0.1) is 0 Å². The molecule has 0 aliphatic heterocycles. The third kappa shape index (κ3) is 3.26. The molecule has 0 radical (unpaired) electrons. The first kappa shape index (κ1) is 16.0. The molecule has 2 heterocycles. The average molecular weight is 312 g/mol. The summed E-state index contributed by atoms with van der Waals surface area (Å²) in [6.07, 6.45) is 3.06. The minimum absolute atomic E-state index is 0.129. The molecule has 0 aliphatic rings. The van der Waals surface area contributed by atoms with Crippen molar-refractivity contribution in [2.24, 2.45) is 0 Å². The van der Waals surface area contributed by atoms with Gasteiger partial charge in [0.2, 0.25) is 11.8 Å². The summed E-state index contributed by atoms with van der Waals surface area (Å²) >= 11 is 0. The van der Waals surface area contributed by atoms with Crippen molar-refractivity contribution in [1.29, 1.82) is 0 Å². The Morgan fingerprint density at radius 1 is 0.773 bits per heavy atom. The Labute approximate surface area is 126 Å². The highest BCUT2D eigenvalue weighted by Crippen LogP contribution is 2.16. The van der Waals surface area contributed by atoms with E-state index in [-0.39, 0.29) is 23.3 Å². The van der Waals surface area contributed by atoms with Crippen LogP contribution in [0.2, 0.25) is 0 Å². The summed E-state index contributed by atoms with van der Waals surface area (Å²) in [5.41, 5.74) is 0. The lowest BCUT2D eigenvalue weighted by atomic mass is 10.2. The van der Waals surface area contributed by atoms with E-state index in [0.717, 1.165) is 12.8 Å². The predicted molar refractivity (Wildman–Crippen MR) is 77.2 cm³/mol. The van der Waals surface area contributed by atoms with Gasteiger partial charge in [-0.25, -0.2) is 18.7 Å². The van der Waals surface area contributed by atoms with E-state index in [1.165, 1.54) is 23.0 Å². The number of aromatic nitrogens is 2. The second-order valence-corrected chi connectivity index (χ2v) is 5.21. The maximum absolute atomic E-state index is 11.4. The molecule has 8 heteroatoms. The van der Waals surface area contributed by atoms with E-state index in [2.05, 4.69) is 0 Å². The zero-order valence-corrected chi connectivity index (χ0v) is 12.7. The van der Waals surface area contributed by atoms with Crippen LogP contribution in [-0.2, 0) is 13.1 Å². The summed E-state index contributed by atoms with van der Waals surface area (Å²) in [5, 5.41) is 19.3. The molecule has 0 saturated carbocycles. The van der Waals surface area contributed by atoms with E-state index in [1.807, 2.05) is 0 Å². The Morgan fingerprint density at radius 2 is 1.14 bits per heavy atom.